The smallest absolute Gasteiger partial charge is 0.252 e. The summed E-state index contributed by atoms with van der Waals surface area (Å²) >= 11 is 0. The van der Waals surface area contributed by atoms with E-state index in [0.29, 0.717) is 5.56 Å². The van der Waals surface area contributed by atoms with E-state index in [9.17, 15) is 14.3 Å². The molecular weight excluding hydrogens is 333 g/mol. The molecule has 2 N–H and O–H groups in total. The number of rotatable bonds is 3. The molecule has 2 heterocycles. The summed E-state index contributed by atoms with van der Waals surface area (Å²) in [5, 5.41) is 12.6. The van der Waals surface area contributed by atoms with Crippen molar-refractivity contribution in [2.75, 3.05) is 0 Å². The lowest BCUT2D eigenvalue weighted by Crippen LogP contribution is -2.38. The summed E-state index contributed by atoms with van der Waals surface area (Å²) in [5.41, 5.74) is 2.83. The Morgan fingerprint density at radius 3 is 2.54 bits per heavy atom. The molecule has 26 heavy (non-hydrogen) atoms. The number of nitrogens with zero attached hydrogens (tertiary/aromatic N) is 2. The van der Waals surface area contributed by atoms with Crippen LogP contribution in [-0.2, 0) is 0 Å². The first-order valence-corrected chi connectivity index (χ1v) is 8.82. The minimum absolute atomic E-state index is 0.110. The van der Waals surface area contributed by atoms with Crippen LogP contribution in [0.25, 0.3) is 16.9 Å². The van der Waals surface area contributed by atoms with Crippen molar-refractivity contribution < 1.29 is 14.3 Å². The van der Waals surface area contributed by atoms with Crippen LogP contribution < -0.4 is 5.32 Å². The molecule has 1 saturated carbocycles. The molecule has 1 amide bonds. The fraction of sp³-hybridized carbons (Fsp3) is 0.300. The monoisotopic (exact) mass is 353 g/mol. The van der Waals surface area contributed by atoms with Gasteiger partial charge in [0.05, 0.1) is 17.4 Å². The maximum Gasteiger partial charge on any atom is 0.252 e. The summed E-state index contributed by atoms with van der Waals surface area (Å²) in [6.45, 7) is 0. The molecule has 0 spiro atoms. The number of aliphatic hydroxyl groups is 1. The number of nitrogens with one attached hydrogen (secondary N) is 1. The van der Waals surface area contributed by atoms with Crippen molar-refractivity contribution in [3.05, 3.63) is 60.2 Å². The van der Waals surface area contributed by atoms with E-state index >= 15 is 0 Å². The first kappa shape index (κ1) is 16.7. The molecule has 0 saturated heterocycles. The summed E-state index contributed by atoms with van der Waals surface area (Å²) < 4.78 is 14.9. The number of aromatic nitrogens is 2. The molecule has 0 unspecified atom stereocenters. The molecule has 0 radical (unpaired) electrons. The van der Waals surface area contributed by atoms with Crippen LogP contribution in [-0.4, -0.2) is 32.5 Å². The second kappa shape index (κ2) is 6.88. The fourth-order valence-electron chi connectivity index (χ4n) is 3.37. The summed E-state index contributed by atoms with van der Waals surface area (Å²) in [7, 11) is 0. The van der Waals surface area contributed by atoms with Gasteiger partial charge in [0.1, 0.15) is 11.5 Å². The highest BCUT2D eigenvalue weighted by Crippen LogP contribution is 2.21. The van der Waals surface area contributed by atoms with Crippen LogP contribution in [0.3, 0.4) is 0 Å². The van der Waals surface area contributed by atoms with E-state index in [0.717, 1.165) is 42.6 Å². The normalized spacial score (nSPS) is 20.2. The van der Waals surface area contributed by atoms with Crippen molar-refractivity contribution >= 4 is 11.6 Å². The molecule has 1 fully saturated rings. The van der Waals surface area contributed by atoms with Crippen molar-refractivity contribution in [1.82, 2.24) is 14.7 Å². The molecule has 0 bridgehead atoms. The zero-order chi connectivity index (χ0) is 18.1. The Bertz CT molecular complexity index is 928. The zero-order valence-corrected chi connectivity index (χ0v) is 14.2. The van der Waals surface area contributed by atoms with Crippen molar-refractivity contribution in [3.8, 4) is 11.3 Å². The second-order valence-corrected chi connectivity index (χ2v) is 6.80. The standard InChI is InChI=1S/C20H20FN3O2/c21-15-4-1-13(2-5-15)18-12-24-11-14(3-10-19(24)23-18)20(26)22-16-6-8-17(25)9-7-16/h1-5,10-12,16-17,25H,6-9H2,(H,22,26). The number of fused-ring (bicyclic) bond motifs is 1. The van der Waals surface area contributed by atoms with E-state index < -0.39 is 0 Å². The van der Waals surface area contributed by atoms with Gasteiger partial charge in [-0.1, -0.05) is 0 Å². The number of carbonyl (C=O) groups excluding carboxylic acids is 1. The topological polar surface area (TPSA) is 66.6 Å². The Morgan fingerprint density at radius 1 is 1.08 bits per heavy atom. The zero-order valence-electron chi connectivity index (χ0n) is 14.2. The number of imidazole rings is 1. The van der Waals surface area contributed by atoms with E-state index in [1.54, 1.807) is 34.9 Å². The van der Waals surface area contributed by atoms with Crippen LogP contribution in [0.15, 0.2) is 48.8 Å². The molecule has 0 atom stereocenters. The van der Waals surface area contributed by atoms with Crippen molar-refractivity contribution in [2.24, 2.45) is 0 Å². The van der Waals surface area contributed by atoms with E-state index in [2.05, 4.69) is 10.3 Å². The highest BCUT2D eigenvalue weighted by atomic mass is 19.1. The third kappa shape index (κ3) is 3.46. The summed E-state index contributed by atoms with van der Waals surface area (Å²) in [6.07, 6.45) is 6.40. The average molecular weight is 353 g/mol. The van der Waals surface area contributed by atoms with Crippen LogP contribution >= 0.6 is 0 Å². The number of halogens is 1. The van der Waals surface area contributed by atoms with Gasteiger partial charge in [-0.25, -0.2) is 9.37 Å². The maximum absolute atomic E-state index is 13.1. The minimum atomic E-state index is -0.285. The molecule has 4 rings (SSSR count). The Labute approximate surface area is 150 Å². The van der Waals surface area contributed by atoms with Crippen LogP contribution in [0.2, 0.25) is 0 Å². The van der Waals surface area contributed by atoms with Gasteiger partial charge in [0.25, 0.3) is 5.91 Å². The van der Waals surface area contributed by atoms with E-state index in [-0.39, 0.29) is 23.9 Å². The third-order valence-corrected chi connectivity index (χ3v) is 4.89. The lowest BCUT2D eigenvalue weighted by Gasteiger charge is -2.26. The van der Waals surface area contributed by atoms with E-state index in [1.807, 2.05) is 6.20 Å². The molecule has 1 aliphatic rings. The molecular formula is C20H20FN3O2. The van der Waals surface area contributed by atoms with Crippen LogP contribution in [0, 0.1) is 5.82 Å². The Kier molecular flexibility index (Phi) is 4.42. The van der Waals surface area contributed by atoms with Gasteiger partial charge in [-0.05, 0) is 62.1 Å². The summed E-state index contributed by atoms with van der Waals surface area (Å²) in [6, 6.07) is 9.83. The van der Waals surface area contributed by atoms with Gasteiger partial charge in [0, 0.05) is 24.0 Å². The predicted octanol–water partition coefficient (Wildman–Crippen LogP) is 3.17. The third-order valence-electron chi connectivity index (χ3n) is 4.89. The SMILES string of the molecule is O=C(NC1CCC(O)CC1)c1ccc2nc(-c3ccc(F)cc3)cn2c1. The van der Waals surface area contributed by atoms with Gasteiger partial charge in [-0.3, -0.25) is 4.79 Å². The molecule has 3 aromatic rings. The van der Waals surface area contributed by atoms with E-state index in [4.69, 9.17) is 0 Å². The van der Waals surface area contributed by atoms with Crippen molar-refractivity contribution in [2.45, 2.75) is 37.8 Å². The average Bonchev–Trinajstić information content (AvgIpc) is 3.07. The molecule has 5 nitrogen and oxygen atoms in total. The van der Waals surface area contributed by atoms with Crippen LogP contribution in [0.5, 0.6) is 0 Å². The fourth-order valence-corrected chi connectivity index (χ4v) is 3.37. The lowest BCUT2D eigenvalue weighted by molar-refractivity contribution is 0.0867. The van der Waals surface area contributed by atoms with Crippen molar-refractivity contribution in [1.29, 1.82) is 0 Å². The van der Waals surface area contributed by atoms with Gasteiger partial charge >= 0.3 is 0 Å². The van der Waals surface area contributed by atoms with Gasteiger partial charge in [-0.2, -0.15) is 0 Å². The number of aliphatic hydroxyl groups excluding tert-OH is 1. The Hall–Kier alpha value is -2.73. The summed E-state index contributed by atoms with van der Waals surface area (Å²) in [4.78, 5) is 17.0. The molecule has 2 aromatic heterocycles. The van der Waals surface area contributed by atoms with Gasteiger partial charge in [0.2, 0.25) is 0 Å². The molecule has 0 aliphatic heterocycles. The molecule has 1 aromatic carbocycles. The minimum Gasteiger partial charge on any atom is -0.393 e. The summed E-state index contributed by atoms with van der Waals surface area (Å²) in [5.74, 6) is -0.406. The lowest BCUT2D eigenvalue weighted by atomic mass is 9.93. The van der Waals surface area contributed by atoms with E-state index in [1.165, 1.54) is 12.1 Å². The van der Waals surface area contributed by atoms with Gasteiger partial charge < -0.3 is 14.8 Å². The van der Waals surface area contributed by atoms with Gasteiger partial charge in [-0.15, -0.1) is 0 Å². The molecule has 1 aliphatic carbocycles. The predicted molar refractivity (Wildman–Crippen MR) is 96.3 cm³/mol. The number of amides is 1. The quantitative estimate of drug-likeness (QED) is 0.760. The number of carbonyl (C=O) groups is 1. The Balaban J connectivity index is 1.53. The highest BCUT2D eigenvalue weighted by molar-refractivity contribution is 5.94. The molecule has 6 heteroatoms. The molecule has 134 valence electrons. The number of benzene rings is 1. The second-order valence-electron chi connectivity index (χ2n) is 6.80. The largest absolute Gasteiger partial charge is 0.393 e. The van der Waals surface area contributed by atoms with Crippen LogP contribution in [0.1, 0.15) is 36.0 Å². The number of hydrogen-bond acceptors (Lipinski definition) is 3. The van der Waals surface area contributed by atoms with Crippen molar-refractivity contribution in [3.63, 3.8) is 0 Å². The van der Waals surface area contributed by atoms with Gasteiger partial charge in [0.15, 0.2) is 0 Å². The first-order chi connectivity index (χ1) is 12.6. The number of pyridine rings is 1. The maximum atomic E-state index is 13.1. The van der Waals surface area contributed by atoms with Crippen LogP contribution in [0.4, 0.5) is 4.39 Å². The highest BCUT2D eigenvalue weighted by Gasteiger charge is 2.21. The Morgan fingerprint density at radius 2 is 1.81 bits per heavy atom. The first-order valence-electron chi connectivity index (χ1n) is 8.82. The number of hydrogen-bond donors (Lipinski definition) is 2.